The maximum atomic E-state index is 13.7. The molecular formula is C28H26N2O5. The van der Waals surface area contributed by atoms with Crippen LogP contribution in [0.1, 0.15) is 53.6 Å². The molecule has 0 N–H and O–H groups in total. The number of fused-ring (bicyclic) bond motifs is 2. The third kappa shape index (κ3) is 3.93. The zero-order valence-corrected chi connectivity index (χ0v) is 19.9. The average Bonchev–Trinajstić information content (AvgIpc) is 3.16. The van der Waals surface area contributed by atoms with Gasteiger partial charge >= 0.3 is 0 Å². The number of amides is 1. The molecule has 1 amide bonds. The third-order valence-electron chi connectivity index (χ3n) is 5.97. The number of rotatable bonds is 7. The van der Waals surface area contributed by atoms with E-state index in [2.05, 4.69) is 4.98 Å². The van der Waals surface area contributed by atoms with Crippen molar-refractivity contribution in [1.29, 1.82) is 0 Å². The molecule has 0 unspecified atom stereocenters. The van der Waals surface area contributed by atoms with Crippen molar-refractivity contribution in [3.8, 4) is 11.5 Å². The lowest BCUT2D eigenvalue weighted by molar-refractivity contribution is 0.0970. The molecule has 0 fully saturated rings. The molecular weight excluding hydrogens is 444 g/mol. The first-order valence-electron chi connectivity index (χ1n) is 11.7. The molecule has 1 aliphatic rings. The van der Waals surface area contributed by atoms with Gasteiger partial charge in [0.2, 0.25) is 5.76 Å². The van der Waals surface area contributed by atoms with Crippen LogP contribution in [0, 0.1) is 6.92 Å². The molecule has 4 aromatic rings. The minimum absolute atomic E-state index is 0.0327. The van der Waals surface area contributed by atoms with Gasteiger partial charge in [0.1, 0.15) is 11.4 Å². The fraction of sp³-hybridized carbons (Fsp3) is 0.250. The maximum Gasteiger partial charge on any atom is 0.296 e. The van der Waals surface area contributed by atoms with Gasteiger partial charge in [0, 0.05) is 6.20 Å². The average molecular weight is 471 g/mol. The van der Waals surface area contributed by atoms with E-state index < -0.39 is 11.9 Å². The quantitative estimate of drug-likeness (QED) is 0.358. The Kier molecular flexibility index (Phi) is 5.99. The van der Waals surface area contributed by atoms with Crippen LogP contribution in [0.15, 0.2) is 70.0 Å². The highest BCUT2D eigenvalue weighted by Gasteiger charge is 2.44. The zero-order chi connectivity index (χ0) is 24.5. The second kappa shape index (κ2) is 9.25. The molecule has 2 aromatic heterocycles. The van der Waals surface area contributed by atoms with Gasteiger partial charge in [0.15, 0.2) is 16.9 Å². The molecule has 0 radical (unpaired) electrons. The second-order valence-corrected chi connectivity index (χ2v) is 8.43. The molecule has 7 nitrogen and oxygen atoms in total. The van der Waals surface area contributed by atoms with Crippen molar-refractivity contribution in [3.63, 3.8) is 0 Å². The van der Waals surface area contributed by atoms with Crippen LogP contribution in [-0.2, 0) is 0 Å². The summed E-state index contributed by atoms with van der Waals surface area (Å²) in [5, 5.41) is 0.427. The summed E-state index contributed by atoms with van der Waals surface area (Å²) in [7, 11) is 0. The Hall–Kier alpha value is -4.13. The number of para-hydroxylation sites is 1. The van der Waals surface area contributed by atoms with Gasteiger partial charge in [-0.1, -0.05) is 31.2 Å². The summed E-state index contributed by atoms with van der Waals surface area (Å²) >= 11 is 0. The van der Waals surface area contributed by atoms with Crippen molar-refractivity contribution in [2.45, 2.75) is 33.2 Å². The molecule has 0 saturated heterocycles. The van der Waals surface area contributed by atoms with Crippen LogP contribution in [0.4, 0.5) is 5.82 Å². The molecule has 5 rings (SSSR count). The van der Waals surface area contributed by atoms with E-state index in [4.69, 9.17) is 13.9 Å². The number of hydrogen-bond donors (Lipinski definition) is 0. The van der Waals surface area contributed by atoms with E-state index in [9.17, 15) is 9.59 Å². The SMILES string of the molecule is CCCOc1ccc([C@@H]2c3c(oc4ccccc4c3=O)C(=O)N2c2ccc(C)cn2)cc1OCC. The maximum absolute atomic E-state index is 13.7. The number of pyridine rings is 1. The van der Waals surface area contributed by atoms with Crippen molar-refractivity contribution in [1.82, 2.24) is 4.98 Å². The molecule has 3 heterocycles. The molecule has 35 heavy (non-hydrogen) atoms. The monoisotopic (exact) mass is 470 g/mol. The molecule has 1 aliphatic heterocycles. The Labute approximate surface area is 202 Å². The first kappa shape index (κ1) is 22.7. The molecule has 0 saturated carbocycles. The lowest BCUT2D eigenvalue weighted by Crippen LogP contribution is -2.30. The highest BCUT2D eigenvalue weighted by molar-refractivity contribution is 6.10. The number of hydrogen-bond acceptors (Lipinski definition) is 6. The summed E-state index contributed by atoms with van der Waals surface area (Å²) in [6, 6.07) is 15.4. The summed E-state index contributed by atoms with van der Waals surface area (Å²) in [5.41, 5.74) is 2.10. The first-order chi connectivity index (χ1) is 17.0. The van der Waals surface area contributed by atoms with E-state index in [0.717, 1.165) is 12.0 Å². The number of ether oxygens (including phenoxy) is 2. The largest absolute Gasteiger partial charge is 0.490 e. The number of aromatic nitrogens is 1. The van der Waals surface area contributed by atoms with Gasteiger partial charge < -0.3 is 13.9 Å². The lowest BCUT2D eigenvalue weighted by atomic mass is 9.98. The summed E-state index contributed by atoms with van der Waals surface area (Å²) < 4.78 is 17.7. The number of carbonyl (C=O) groups is 1. The first-order valence-corrected chi connectivity index (χ1v) is 11.7. The van der Waals surface area contributed by atoms with Gasteiger partial charge in [-0.3, -0.25) is 14.5 Å². The zero-order valence-electron chi connectivity index (χ0n) is 19.9. The van der Waals surface area contributed by atoms with Crippen molar-refractivity contribution < 1.29 is 18.7 Å². The fourth-order valence-corrected chi connectivity index (χ4v) is 4.37. The number of aryl methyl sites for hydroxylation is 1. The van der Waals surface area contributed by atoms with Gasteiger partial charge in [-0.25, -0.2) is 4.98 Å². The van der Waals surface area contributed by atoms with Crippen LogP contribution in [0.2, 0.25) is 0 Å². The van der Waals surface area contributed by atoms with Crippen molar-refractivity contribution in [2.24, 2.45) is 0 Å². The van der Waals surface area contributed by atoms with Crippen LogP contribution in [0.5, 0.6) is 11.5 Å². The summed E-state index contributed by atoms with van der Waals surface area (Å²) in [6.07, 6.45) is 2.56. The predicted molar refractivity (Wildman–Crippen MR) is 134 cm³/mol. The molecule has 7 heteroatoms. The van der Waals surface area contributed by atoms with Gasteiger partial charge in [-0.15, -0.1) is 0 Å². The van der Waals surface area contributed by atoms with Gasteiger partial charge in [-0.05, 0) is 61.7 Å². The van der Waals surface area contributed by atoms with E-state index in [-0.39, 0.29) is 11.2 Å². The smallest absolute Gasteiger partial charge is 0.296 e. The summed E-state index contributed by atoms with van der Waals surface area (Å²) in [4.78, 5) is 33.4. The van der Waals surface area contributed by atoms with E-state index in [1.165, 1.54) is 4.90 Å². The van der Waals surface area contributed by atoms with Crippen LogP contribution in [-0.4, -0.2) is 24.1 Å². The van der Waals surface area contributed by atoms with Gasteiger partial charge in [0.05, 0.1) is 30.2 Å². The summed E-state index contributed by atoms with van der Waals surface area (Å²) in [6.45, 7) is 6.86. The van der Waals surface area contributed by atoms with E-state index in [1.54, 1.807) is 36.5 Å². The number of anilines is 1. The topological polar surface area (TPSA) is 81.9 Å². The number of benzene rings is 2. The van der Waals surface area contributed by atoms with Crippen LogP contribution in [0.25, 0.3) is 11.0 Å². The Morgan fingerprint density at radius 1 is 1.00 bits per heavy atom. The standard InChI is InChI=1S/C28H26N2O5/c1-4-14-34-21-12-11-18(15-22(21)33-5-2)25-24-26(31)19-8-6-7-9-20(19)35-27(24)28(32)30(25)23-13-10-17(3)16-29-23/h6-13,15-16,25H,4-5,14H2,1-3H3/t25-/m1/s1. The van der Waals surface area contributed by atoms with E-state index >= 15 is 0 Å². The number of carbonyl (C=O) groups excluding carboxylic acids is 1. The Morgan fingerprint density at radius 3 is 2.57 bits per heavy atom. The molecule has 178 valence electrons. The normalized spacial score (nSPS) is 14.9. The van der Waals surface area contributed by atoms with Crippen molar-refractivity contribution in [2.75, 3.05) is 18.1 Å². The van der Waals surface area contributed by atoms with Crippen LogP contribution in [0.3, 0.4) is 0 Å². The molecule has 2 aromatic carbocycles. The second-order valence-electron chi connectivity index (χ2n) is 8.43. The van der Waals surface area contributed by atoms with Crippen molar-refractivity contribution in [3.05, 3.63) is 93.5 Å². The van der Waals surface area contributed by atoms with Crippen molar-refractivity contribution >= 4 is 22.7 Å². The van der Waals surface area contributed by atoms with Gasteiger partial charge in [0.25, 0.3) is 5.91 Å². The minimum Gasteiger partial charge on any atom is -0.490 e. The number of nitrogens with zero attached hydrogens (tertiary/aromatic N) is 2. The summed E-state index contributed by atoms with van der Waals surface area (Å²) in [5.74, 6) is 1.23. The highest BCUT2D eigenvalue weighted by Crippen LogP contribution is 2.42. The highest BCUT2D eigenvalue weighted by atomic mass is 16.5. The predicted octanol–water partition coefficient (Wildman–Crippen LogP) is 5.43. The lowest BCUT2D eigenvalue weighted by Gasteiger charge is -2.25. The van der Waals surface area contributed by atoms with Crippen LogP contribution >= 0.6 is 0 Å². The van der Waals surface area contributed by atoms with E-state index in [0.29, 0.717) is 52.6 Å². The molecule has 0 spiro atoms. The minimum atomic E-state index is -0.729. The third-order valence-corrected chi connectivity index (χ3v) is 5.97. The Morgan fingerprint density at radius 2 is 1.83 bits per heavy atom. The molecule has 0 bridgehead atoms. The van der Waals surface area contributed by atoms with E-state index in [1.807, 2.05) is 45.0 Å². The van der Waals surface area contributed by atoms with Gasteiger partial charge in [-0.2, -0.15) is 0 Å². The Bertz CT molecular complexity index is 1460. The molecule has 0 aliphatic carbocycles. The molecule has 1 atom stereocenters. The fourth-order valence-electron chi connectivity index (χ4n) is 4.37. The Balaban J connectivity index is 1.74. The van der Waals surface area contributed by atoms with Crippen LogP contribution < -0.4 is 19.8 Å².